The van der Waals surface area contributed by atoms with Crippen molar-refractivity contribution in [3.8, 4) is 0 Å². The second kappa shape index (κ2) is 4.87. The van der Waals surface area contributed by atoms with Crippen LogP contribution in [0.5, 0.6) is 0 Å². The SMILES string of the molecule is Cc1cc2ncn(Cc3ccc(Cl)cc3)c2cc1Cl. The first kappa shape index (κ1) is 12.5. The lowest BCUT2D eigenvalue weighted by molar-refractivity contribution is 0.824. The van der Waals surface area contributed by atoms with E-state index in [9.17, 15) is 0 Å². The zero-order valence-electron chi connectivity index (χ0n) is 10.4. The molecule has 4 heteroatoms. The maximum atomic E-state index is 6.18. The van der Waals surface area contributed by atoms with Gasteiger partial charge in [0.1, 0.15) is 0 Å². The summed E-state index contributed by atoms with van der Waals surface area (Å²) in [7, 11) is 0. The van der Waals surface area contributed by atoms with Crippen LogP contribution < -0.4 is 0 Å². The smallest absolute Gasteiger partial charge is 0.0961 e. The van der Waals surface area contributed by atoms with Crippen LogP contribution in [0, 0.1) is 6.92 Å². The average Bonchev–Trinajstić information content (AvgIpc) is 2.76. The van der Waals surface area contributed by atoms with Gasteiger partial charge >= 0.3 is 0 Å². The third-order valence-electron chi connectivity index (χ3n) is 3.17. The number of hydrogen-bond donors (Lipinski definition) is 0. The van der Waals surface area contributed by atoms with E-state index in [-0.39, 0.29) is 0 Å². The lowest BCUT2D eigenvalue weighted by Gasteiger charge is -2.06. The van der Waals surface area contributed by atoms with Crippen LogP contribution in [0.4, 0.5) is 0 Å². The van der Waals surface area contributed by atoms with E-state index < -0.39 is 0 Å². The Hall–Kier alpha value is -1.51. The van der Waals surface area contributed by atoms with E-state index in [1.165, 1.54) is 5.56 Å². The van der Waals surface area contributed by atoms with Crippen LogP contribution in [0.2, 0.25) is 10.0 Å². The van der Waals surface area contributed by atoms with Crippen molar-refractivity contribution in [3.63, 3.8) is 0 Å². The van der Waals surface area contributed by atoms with Gasteiger partial charge in [-0.3, -0.25) is 0 Å². The van der Waals surface area contributed by atoms with E-state index >= 15 is 0 Å². The Morgan fingerprint density at radius 2 is 1.84 bits per heavy atom. The quantitative estimate of drug-likeness (QED) is 0.669. The highest BCUT2D eigenvalue weighted by molar-refractivity contribution is 6.32. The molecule has 1 heterocycles. The first-order valence-electron chi connectivity index (χ1n) is 5.99. The molecule has 0 radical (unpaired) electrons. The van der Waals surface area contributed by atoms with Gasteiger partial charge in [0.25, 0.3) is 0 Å². The van der Waals surface area contributed by atoms with E-state index in [1.54, 1.807) is 0 Å². The number of imidazole rings is 1. The molecule has 0 aliphatic heterocycles. The molecule has 0 atom stereocenters. The van der Waals surface area contributed by atoms with Crippen molar-refractivity contribution >= 4 is 34.2 Å². The van der Waals surface area contributed by atoms with Crippen LogP contribution in [0.1, 0.15) is 11.1 Å². The molecular weight excluding hydrogens is 279 g/mol. The van der Waals surface area contributed by atoms with Gasteiger partial charge in [0.05, 0.1) is 17.4 Å². The second-order valence-electron chi connectivity index (χ2n) is 4.59. The lowest BCUT2D eigenvalue weighted by Crippen LogP contribution is -1.97. The van der Waals surface area contributed by atoms with Crippen molar-refractivity contribution in [1.29, 1.82) is 0 Å². The van der Waals surface area contributed by atoms with Crippen molar-refractivity contribution in [3.05, 3.63) is 63.9 Å². The van der Waals surface area contributed by atoms with Crippen molar-refractivity contribution in [2.75, 3.05) is 0 Å². The average molecular weight is 291 g/mol. The van der Waals surface area contributed by atoms with Gasteiger partial charge in [0, 0.05) is 16.6 Å². The molecule has 0 aliphatic rings. The van der Waals surface area contributed by atoms with Crippen molar-refractivity contribution in [1.82, 2.24) is 9.55 Å². The summed E-state index contributed by atoms with van der Waals surface area (Å²) in [6, 6.07) is 11.8. The molecule has 3 aromatic rings. The van der Waals surface area contributed by atoms with Crippen LogP contribution >= 0.6 is 23.2 Å². The Labute approximate surface area is 121 Å². The highest BCUT2D eigenvalue weighted by atomic mass is 35.5. The molecule has 0 saturated carbocycles. The maximum Gasteiger partial charge on any atom is 0.0961 e. The van der Waals surface area contributed by atoms with E-state index in [0.29, 0.717) is 0 Å². The molecule has 0 aliphatic carbocycles. The van der Waals surface area contributed by atoms with Gasteiger partial charge in [-0.2, -0.15) is 0 Å². The van der Waals surface area contributed by atoms with Crippen molar-refractivity contribution < 1.29 is 0 Å². The summed E-state index contributed by atoms with van der Waals surface area (Å²) >= 11 is 12.1. The van der Waals surface area contributed by atoms with E-state index in [2.05, 4.69) is 9.55 Å². The van der Waals surface area contributed by atoms with Gasteiger partial charge in [0.2, 0.25) is 0 Å². The summed E-state index contributed by atoms with van der Waals surface area (Å²) < 4.78 is 2.09. The van der Waals surface area contributed by atoms with Gasteiger partial charge in [-0.05, 0) is 42.3 Å². The molecule has 0 saturated heterocycles. The van der Waals surface area contributed by atoms with Gasteiger partial charge in [-0.15, -0.1) is 0 Å². The minimum Gasteiger partial charge on any atom is -0.326 e. The predicted molar refractivity (Wildman–Crippen MR) is 80.0 cm³/mol. The molecule has 0 amide bonds. The number of benzene rings is 2. The van der Waals surface area contributed by atoms with E-state index in [1.807, 2.05) is 49.6 Å². The monoisotopic (exact) mass is 290 g/mol. The van der Waals surface area contributed by atoms with Gasteiger partial charge in [-0.25, -0.2) is 4.98 Å². The zero-order chi connectivity index (χ0) is 13.4. The topological polar surface area (TPSA) is 17.8 Å². The minimum atomic E-state index is 0.748. The summed E-state index contributed by atoms with van der Waals surface area (Å²) in [4.78, 5) is 4.41. The minimum absolute atomic E-state index is 0.748. The fourth-order valence-electron chi connectivity index (χ4n) is 2.10. The summed E-state index contributed by atoms with van der Waals surface area (Å²) in [5.41, 5.74) is 4.24. The predicted octanol–water partition coefficient (Wildman–Crippen LogP) is 4.70. The Bertz CT molecular complexity index is 730. The third-order valence-corrected chi connectivity index (χ3v) is 3.83. The molecular formula is C15H12Cl2N2. The van der Waals surface area contributed by atoms with Gasteiger partial charge < -0.3 is 4.57 Å². The van der Waals surface area contributed by atoms with Crippen molar-refractivity contribution in [2.24, 2.45) is 0 Å². The van der Waals surface area contributed by atoms with Crippen LogP contribution in [-0.2, 0) is 6.54 Å². The summed E-state index contributed by atoms with van der Waals surface area (Å²) in [6.45, 7) is 2.74. The van der Waals surface area contributed by atoms with Crippen LogP contribution in [0.15, 0.2) is 42.7 Å². The van der Waals surface area contributed by atoms with Gasteiger partial charge in [-0.1, -0.05) is 35.3 Å². The number of rotatable bonds is 2. The maximum absolute atomic E-state index is 6.18. The first-order valence-corrected chi connectivity index (χ1v) is 6.74. The second-order valence-corrected chi connectivity index (χ2v) is 5.43. The number of fused-ring (bicyclic) bond motifs is 1. The number of nitrogens with zero attached hydrogens (tertiary/aromatic N) is 2. The Kier molecular flexibility index (Phi) is 3.21. The molecule has 2 aromatic carbocycles. The first-order chi connectivity index (χ1) is 9.13. The molecule has 0 fully saturated rings. The van der Waals surface area contributed by atoms with Crippen LogP contribution in [0.25, 0.3) is 11.0 Å². The Balaban J connectivity index is 2.01. The van der Waals surface area contributed by atoms with E-state index in [0.717, 1.165) is 33.2 Å². The third kappa shape index (κ3) is 2.46. The normalized spacial score (nSPS) is 11.1. The molecule has 19 heavy (non-hydrogen) atoms. The molecule has 0 unspecified atom stereocenters. The van der Waals surface area contributed by atoms with Crippen molar-refractivity contribution in [2.45, 2.75) is 13.5 Å². The number of hydrogen-bond acceptors (Lipinski definition) is 1. The number of aromatic nitrogens is 2. The molecule has 0 spiro atoms. The molecule has 2 nitrogen and oxygen atoms in total. The van der Waals surface area contributed by atoms with Crippen LogP contribution in [-0.4, -0.2) is 9.55 Å². The lowest BCUT2D eigenvalue weighted by atomic mass is 10.2. The number of aryl methyl sites for hydroxylation is 1. The fourth-order valence-corrected chi connectivity index (χ4v) is 2.38. The standard InChI is InChI=1S/C15H12Cl2N2/c1-10-6-14-15(7-13(10)17)19(9-18-14)8-11-2-4-12(16)5-3-11/h2-7,9H,8H2,1H3. The van der Waals surface area contributed by atoms with Gasteiger partial charge in [0.15, 0.2) is 0 Å². The Morgan fingerprint density at radius 3 is 2.58 bits per heavy atom. The fraction of sp³-hybridized carbons (Fsp3) is 0.133. The molecule has 1 aromatic heterocycles. The van der Waals surface area contributed by atoms with E-state index in [4.69, 9.17) is 23.2 Å². The molecule has 0 bridgehead atoms. The summed E-state index contributed by atoms with van der Waals surface area (Å²) in [6.07, 6.45) is 1.84. The van der Waals surface area contributed by atoms with Crippen LogP contribution in [0.3, 0.4) is 0 Å². The largest absolute Gasteiger partial charge is 0.326 e. The highest BCUT2D eigenvalue weighted by Crippen LogP contribution is 2.23. The number of halogens is 2. The highest BCUT2D eigenvalue weighted by Gasteiger charge is 2.06. The Morgan fingerprint density at radius 1 is 1.11 bits per heavy atom. The summed E-state index contributed by atoms with van der Waals surface area (Å²) in [5.74, 6) is 0. The molecule has 96 valence electrons. The molecule has 0 N–H and O–H groups in total. The molecule has 3 rings (SSSR count). The zero-order valence-corrected chi connectivity index (χ0v) is 11.9. The summed E-state index contributed by atoms with van der Waals surface area (Å²) in [5, 5.41) is 1.52.